The van der Waals surface area contributed by atoms with E-state index in [1.807, 2.05) is 6.08 Å². The smallest absolute Gasteiger partial charge is 0.748 e. The molecule has 0 unspecified atom stereocenters. The maximum atomic E-state index is 10.4. The first-order valence-corrected chi connectivity index (χ1v) is 12.7. The van der Waals surface area contributed by atoms with Gasteiger partial charge in [0.1, 0.15) is 0 Å². The van der Waals surface area contributed by atoms with Crippen LogP contribution in [0.2, 0.25) is 0 Å². The fourth-order valence-electron chi connectivity index (χ4n) is 3.29. The van der Waals surface area contributed by atoms with Crippen molar-refractivity contribution in [3.8, 4) is 0 Å². The maximum Gasteiger partial charge on any atom is 1.00 e. The van der Waals surface area contributed by atoms with E-state index in [2.05, 4.69) is 6.92 Å². The number of rotatable bonds is 20. The Labute approximate surface area is 192 Å². The van der Waals surface area contributed by atoms with Crippen LogP contribution in [0.3, 0.4) is 0 Å². The zero-order chi connectivity index (χ0) is 19.3. The van der Waals surface area contributed by atoms with Crippen molar-refractivity contribution in [2.45, 2.75) is 122 Å². The van der Waals surface area contributed by atoms with E-state index in [0.29, 0.717) is 0 Å². The summed E-state index contributed by atoms with van der Waals surface area (Å²) in [6, 6.07) is 0. The van der Waals surface area contributed by atoms with Gasteiger partial charge < -0.3 is 4.55 Å². The molecule has 27 heavy (non-hydrogen) atoms. The summed E-state index contributed by atoms with van der Waals surface area (Å²) in [6.07, 6.45) is 27.3. The summed E-state index contributed by atoms with van der Waals surface area (Å²) in [5, 5.41) is 0. The van der Waals surface area contributed by atoms with E-state index in [1.54, 1.807) is 0 Å². The average Bonchev–Trinajstić information content (AvgIpc) is 2.59. The second-order valence-electron chi connectivity index (χ2n) is 7.64. The predicted octanol–water partition coefficient (Wildman–Crippen LogP) is 4.13. The summed E-state index contributed by atoms with van der Waals surface area (Å²) < 4.78 is 31.2. The Kier molecular flexibility index (Phi) is 25.4. The molecule has 0 aromatic heterocycles. The second-order valence-corrected chi connectivity index (χ2v) is 9.09. The third-order valence-electron chi connectivity index (χ3n) is 4.94. The van der Waals surface area contributed by atoms with Gasteiger partial charge in [0, 0.05) is 0 Å². The number of allylic oxidation sites excluding steroid dienone is 1. The molecule has 0 saturated heterocycles. The van der Waals surface area contributed by atoms with Crippen LogP contribution in [0.25, 0.3) is 0 Å². The van der Waals surface area contributed by atoms with Crippen molar-refractivity contribution in [2.75, 3.05) is 5.75 Å². The number of unbranched alkanes of at least 4 members (excludes halogenated alkanes) is 17. The minimum Gasteiger partial charge on any atom is -0.748 e. The van der Waals surface area contributed by atoms with Crippen molar-refractivity contribution in [1.29, 1.82) is 0 Å². The van der Waals surface area contributed by atoms with Gasteiger partial charge in [-0.05, 0) is 12.8 Å². The topological polar surface area (TPSA) is 57.2 Å². The molecule has 0 aromatic rings. The van der Waals surface area contributed by atoms with Crippen LogP contribution < -0.4 is 29.6 Å². The molecule has 0 amide bonds. The molecule has 0 heterocycles. The van der Waals surface area contributed by atoms with Gasteiger partial charge in [0.15, 0.2) is 0 Å². The van der Waals surface area contributed by atoms with Gasteiger partial charge in [0.25, 0.3) is 0 Å². The van der Waals surface area contributed by atoms with Crippen molar-refractivity contribution in [3.63, 3.8) is 0 Å². The third-order valence-corrected chi connectivity index (χ3v) is 5.54. The van der Waals surface area contributed by atoms with E-state index in [-0.39, 0.29) is 35.3 Å². The van der Waals surface area contributed by atoms with Crippen LogP contribution in [0, 0.1) is 0 Å². The fourth-order valence-corrected chi connectivity index (χ4v) is 3.66. The minimum absolute atomic E-state index is 0. The zero-order valence-electron chi connectivity index (χ0n) is 18.2. The molecule has 0 rings (SSSR count). The summed E-state index contributed by atoms with van der Waals surface area (Å²) in [4.78, 5) is 0. The van der Waals surface area contributed by atoms with E-state index in [1.165, 1.54) is 109 Å². The normalized spacial score (nSPS) is 11.8. The quantitative estimate of drug-likeness (QED) is 0.131. The minimum atomic E-state index is -4.08. The van der Waals surface area contributed by atoms with Crippen LogP contribution in [0.5, 0.6) is 0 Å². The number of hydrogen-bond acceptors (Lipinski definition) is 3. The molecular weight excluding hydrogens is 367 g/mol. The van der Waals surface area contributed by atoms with Crippen molar-refractivity contribution < 1.29 is 42.5 Å². The Morgan fingerprint density at radius 3 is 1.26 bits per heavy atom. The molecule has 0 fully saturated rings. The van der Waals surface area contributed by atoms with Gasteiger partial charge in [-0.25, -0.2) is 8.42 Å². The molecule has 0 bridgehead atoms. The molecular formula is C22H43NaO3S. The van der Waals surface area contributed by atoms with Crippen molar-refractivity contribution >= 4 is 10.1 Å². The van der Waals surface area contributed by atoms with Crippen LogP contribution in [-0.4, -0.2) is 18.7 Å². The average molecular weight is 411 g/mol. The molecule has 0 N–H and O–H groups in total. The standard InChI is InChI=1S/C22H44O3S.Na/c1-2-3-4-5-6-7-8-9-10-11-12-13-14-15-16-17-18-19-20-21-22-26(23,24)25;/h20-21H,2-19,22H2,1H3,(H,23,24,25);/q;+1/p-1/b21-20+;. The van der Waals surface area contributed by atoms with Crippen molar-refractivity contribution in [3.05, 3.63) is 12.2 Å². The molecule has 0 aliphatic carbocycles. The molecule has 156 valence electrons. The van der Waals surface area contributed by atoms with Crippen LogP contribution in [0.1, 0.15) is 122 Å². The van der Waals surface area contributed by atoms with Gasteiger partial charge in [-0.1, -0.05) is 122 Å². The van der Waals surface area contributed by atoms with Gasteiger partial charge in [-0.3, -0.25) is 0 Å². The SMILES string of the molecule is CCCCCCCCCCCCCCCCCCC/C=C/CS(=O)(=O)[O-].[Na+]. The largest absolute Gasteiger partial charge is 1.00 e. The fraction of sp³-hybridized carbons (Fsp3) is 0.909. The first-order valence-electron chi connectivity index (χ1n) is 11.1. The Morgan fingerprint density at radius 1 is 0.593 bits per heavy atom. The molecule has 0 aromatic carbocycles. The van der Waals surface area contributed by atoms with E-state index >= 15 is 0 Å². The Morgan fingerprint density at radius 2 is 0.926 bits per heavy atom. The summed E-state index contributed by atoms with van der Waals surface area (Å²) in [5.41, 5.74) is 0. The van der Waals surface area contributed by atoms with Crippen molar-refractivity contribution in [2.24, 2.45) is 0 Å². The van der Waals surface area contributed by atoms with Gasteiger partial charge in [0.2, 0.25) is 0 Å². The Bertz CT molecular complexity index is 408. The van der Waals surface area contributed by atoms with Gasteiger partial charge in [-0.2, -0.15) is 0 Å². The summed E-state index contributed by atoms with van der Waals surface area (Å²) in [6.45, 7) is 2.27. The van der Waals surface area contributed by atoms with Gasteiger partial charge in [-0.15, -0.1) is 0 Å². The van der Waals surface area contributed by atoms with Crippen LogP contribution in [0.15, 0.2) is 12.2 Å². The monoisotopic (exact) mass is 410 g/mol. The first-order chi connectivity index (χ1) is 12.6. The molecule has 0 atom stereocenters. The first kappa shape index (κ1) is 29.8. The van der Waals surface area contributed by atoms with Gasteiger partial charge >= 0.3 is 29.6 Å². The van der Waals surface area contributed by atoms with E-state index in [9.17, 15) is 13.0 Å². The van der Waals surface area contributed by atoms with E-state index in [0.717, 1.165) is 12.8 Å². The Hall–Kier alpha value is 0.650. The van der Waals surface area contributed by atoms with Crippen LogP contribution in [0.4, 0.5) is 0 Å². The zero-order valence-corrected chi connectivity index (χ0v) is 21.0. The molecule has 0 aliphatic heterocycles. The molecule has 0 aliphatic rings. The van der Waals surface area contributed by atoms with Crippen molar-refractivity contribution in [1.82, 2.24) is 0 Å². The van der Waals surface area contributed by atoms with Crippen LogP contribution in [-0.2, 0) is 10.1 Å². The predicted molar refractivity (Wildman–Crippen MR) is 112 cm³/mol. The molecule has 3 nitrogen and oxygen atoms in total. The van der Waals surface area contributed by atoms with E-state index in [4.69, 9.17) is 0 Å². The Balaban J connectivity index is 0. The van der Waals surface area contributed by atoms with E-state index < -0.39 is 10.1 Å². The second kappa shape index (κ2) is 22.9. The summed E-state index contributed by atoms with van der Waals surface area (Å²) >= 11 is 0. The molecule has 0 radical (unpaired) electrons. The van der Waals surface area contributed by atoms with Crippen LogP contribution >= 0.6 is 0 Å². The number of hydrogen-bond donors (Lipinski definition) is 0. The third kappa shape index (κ3) is 29.0. The summed E-state index contributed by atoms with van der Waals surface area (Å²) in [5.74, 6) is -0.369. The summed E-state index contributed by atoms with van der Waals surface area (Å²) in [7, 11) is -4.08. The maximum absolute atomic E-state index is 10.4. The van der Waals surface area contributed by atoms with Gasteiger partial charge in [0.05, 0.1) is 15.9 Å². The molecule has 5 heteroatoms. The molecule has 0 spiro atoms. The molecule has 0 saturated carbocycles.